The van der Waals surface area contributed by atoms with Gasteiger partial charge in [0.2, 0.25) is 0 Å². The minimum absolute atomic E-state index is 0.726. The molecule has 0 aliphatic carbocycles. The highest BCUT2D eigenvalue weighted by molar-refractivity contribution is 5.31. The Morgan fingerprint density at radius 2 is 1.95 bits per heavy atom. The van der Waals surface area contributed by atoms with Gasteiger partial charge in [-0.2, -0.15) is 0 Å². The van der Waals surface area contributed by atoms with Crippen molar-refractivity contribution >= 4 is 0 Å². The molecule has 0 aromatic heterocycles. The minimum atomic E-state index is 0.726. The van der Waals surface area contributed by atoms with Crippen LogP contribution in [0.2, 0.25) is 0 Å². The molecule has 2 fully saturated rings. The summed E-state index contributed by atoms with van der Waals surface area (Å²) < 4.78 is 11.0. The Bertz CT molecular complexity index is 449. The first-order chi connectivity index (χ1) is 10.3. The molecular weight excluding hydrogens is 264 g/mol. The Morgan fingerprint density at radius 3 is 2.67 bits per heavy atom. The zero-order valence-electron chi connectivity index (χ0n) is 13.0. The molecule has 3 unspecified atom stereocenters. The molecule has 21 heavy (non-hydrogen) atoms. The van der Waals surface area contributed by atoms with E-state index in [4.69, 9.17) is 9.47 Å². The van der Waals surface area contributed by atoms with Crippen molar-refractivity contribution in [3.63, 3.8) is 0 Å². The maximum atomic E-state index is 5.87. The molecular formula is C17H26N2O2. The van der Waals surface area contributed by atoms with Crippen LogP contribution in [0.3, 0.4) is 0 Å². The van der Waals surface area contributed by atoms with Crippen LogP contribution in [0, 0.1) is 11.8 Å². The molecule has 2 saturated heterocycles. The van der Waals surface area contributed by atoms with E-state index in [0.29, 0.717) is 0 Å². The fourth-order valence-corrected chi connectivity index (χ4v) is 3.88. The van der Waals surface area contributed by atoms with Crippen molar-refractivity contribution in [2.75, 3.05) is 39.9 Å². The smallest absolute Gasteiger partial charge is 0.119 e. The summed E-state index contributed by atoms with van der Waals surface area (Å²) in [5.74, 6) is 3.48. The molecule has 0 bridgehead atoms. The van der Waals surface area contributed by atoms with Crippen LogP contribution in [-0.2, 0) is 0 Å². The van der Waals surface area contributed by atoms with Gasteiger partial charge in [0.05, 0.1) is 7.11 Å². The molecule has 3 rings (SSSR count). The fraction of sp³-hybridized carbons (Fsp3) is 0.647. The molecule has 0 radical (unpaired) electrons. The first kappa shape index (κ1) is 14.7. The number of nitrogens with zero attached hydrogens (tertiary/aromatic N) is 1. The Morgan fingerprint density at radius 1 is 1.19 bits per heavy atom. The second kappa shape index (κ2) is 6.67. The number of benzene rings is 1. The average molecular weight is 290 g/mol. The summed E-state index contributed by atoms with van der Waals surface area (Å²) in [5, 5.41) is 3.53. The summed E-state index contributed by atoms with van der Waals surface area (Å²) in [6.45, 7) is 7.70. The Kier molecular flexibility index (Phi) is 4.66. The molecule has 0 amide bonds. The van der Waals surface area contributed by atoms with E-state index in [9.17, 15) is 0 Å². The average Bonchev–Trinajstić information content (AvgIpc) is 3.08. The van der Waals surface area contributed by atoms with Gasteiger partial charge in [0, 0.05) is 19.1 Å². The number of rotatable bonds is 6. The van der Waals surface area contributed by atoms with E-state index in [1.807, 2.05) is 24.3 Å². The van der Waals surface area contributed by atoms with E-state index >= 15 is 0 Å². The van der Waals surface area contributed by atoms with Gasteiger partial charge in [0.25, 0.3) is 0 Å². The van der Waals surface area contributed by atoms with E-state index in [0.717, 1.165) is 42.5 Å². The molecule has 116 valence electrons. The van der Waals surface area contributed by atoms with Crippen LogP contribution >= 0.6 is 0 Å². The van der Waals surface area contributed by atoms with E-state index in [1.165, 1.54) is 26.1 Å². The summed E-state index contributed by atoms with van der Waals surface area (Å²) in [6.07, 6.45) is 1.24. The highest BCUT2D eigenvalue weighted by Gasteiger charge is 2.42. The van der Waals surface area contributed by atoms with E-state index in [1.54, 1.807) is 7.11 Å². The number of methoxy groups -OCH3 is 1. The third-order valence-corrected chi connectivity index (χ3v) is 4.95. The van der Waals surface area contributed by atoms with Crippen LogP contribution in [0.25, 0.3) is 0 Å². The largest absolute Gasteiger partial charge is 0.497 e. The number of hydrogen-bond acceptors (Lipinski definition) is 4. The van der Waals surface area contributed by atoms with Gasteiger partial charge in [-0.1, -0.05) is 6.92 Å². The zero-order valence-corrected chi connectivity index (χ0v) is 13.0. The fourth-order valence-electron chi connectivity index (χ4n) is 3.88. The number of fused-ring (bicyclic) bond motifs is 1. The summed E-state index contributed by atoms with van der Waals surface area (Å²) in [6, 6.07) is 8.55. The lowest BCUT2D eigenvalue weighted by atomic mass is 9.93. The maximum absolute atomic E-state index is 5.87. The van der Waals surface area contributed by atoms with Gasteiger partial charge in [-0.25, -0.2) is 0 Å². The number of likely N-dealkylation sites (tertiary alicyclic amines) is 1. The molecule has 1 aromatic rings. The van der Waals surface area contributed by atoms with Crippen LogP contribution in [0.4, 0.5) is 0 Å². The van der Waals surface area contributed by atoms with Crippen molar-refractivity contribution < 1.29 is 9.47 Å². The first-order valence-electron chi connectivity index (χ1n) is 8.03. The SMILES string of the molecule is CCC1C2CNCC2CN1CCOc1ccc(OC)cc1. The first-order valence-corrected chi connectivity index (χ1v) is 8.03. The van der Waals surface area contributed by atoms with Crippen molar-refractivity contribution in [1.29, 1.82) is 0 Å². The summed E-state index contributed by atoms with van der Waals surface area (Å²) in [7, 11) is 1.68. The Labute approximate surface area is 127 Å². The highest BCUT2D eigenvalue weighted by Crippen LogP contribution is 2.33. The minimum Gasteiger partial charge on any atom is -0.497 e. The van der Waals surface area contributed by atoms with E-state index in [-0.39, 0.29) is 0 Å². The van der Waals surface area contributed by atoms with Crippen molar-refractivity contribution in [2.45, 2.75) is 19.4 Å². The number of ether oxygens (including phenoxy) is 2. The van der Waals surface area contributed by atoms with E-state index in [2.05, 4.69) is 17.1 Å². The maximum Gasteiger partial charge on any atom is 0.119 e. The van der Waals surface area contributed by atoms with Gasteiger partial charge < -0.3 is 14.8 Å². The third kappa shape index (κ3) is 3.16. The Balaban J connectivity index is 1.48. The molecule has 3 atom stereocenters. The van der Waals surface area contributed by atoms with Crippen LogP contribution < -0.4 is 14.8 Å². The lowest BCUT2D eigenvalue weighted by Crippen LogP contribution is -2.37. The lowest BCUT2D eigenvalue weighted by molar-refractivity contribution is 0.176. The van der Waals surface area contributed by atoms with Crippen molar-refractivity contribution in [1.82, 2.24) is 10.2 Å². The third-order valence-electron chi connectivity index (χ3n) is 4.95. The molecule has 1 N–H and O–H groups in total. The van der Waals surface area contributed by atoms with Gasteiger partial charge in [-0.3, -0.25) is 4.90 Å². The summed E-state index contributed by atoms with van der Waals surface area (Å²) in [5.41, 5.74) is 0. The van der Waals surface area contributed by atoms with Crippen LogP contribution in [0.1, 0.15) is 13.3 Å². The zero-order chi connectivity index (χ0) is 14.7. The van der Waals surface area contributed by atoms with Gasteiger partial charge in [-0.05, 0) is 55.6 Å². The number of hydrogen-bond donors (Lipinski definition) is 1. The predicted octanol–water partition coefficient (Wildman–Crippen LogP) is 2.00. The molecule has 2 aliphatic rings. The van der Waals surface area contributed by atoms with Gasteiger partial charge in [-0.15, -0.1) is 0 Å². The molecule has 2 heterocycles. The second-order valence-corrected chi connectivity index (χ2v) is 6.08. The molecule has 0 saturated carbocycles. The molecule has 1 aromatic carbocycles. The second-order valence-electron chi connectivity index (χ2n) is 6.08. The molecule has 2 aliphatic heterocycles. The van der Waals surface area contributed by atoms with Gasteiger partial charge in [0.15, 0.2) is 0 Å². The lowest BCUT2D eigenvalue weighted by Gasteiger charge is -2.26. The van der Waals surface area contributed by atoms with Crippen molar-refractivity contribution in [2.24, 2.45) is 11.8 Å². The van der Waals surface area contributed by atoms with Crippen molar-refractivity contribution in [3.05, 3.63) is 24.3 Å². The van der Waals surface area contributed by atoms with Crippen LogP contribution in [0.15, 0.2) is 24.3 Å². The standard InChI is InChI=1S/C17H26N2O2/c1-3-17-16-11-18-10-13(16)12-19(17)8-9-21-15-6-4-14(20-2)5-7-15/h4-7,13,16-18H,3,8-12H2,1-2H3. The predicted molar refractivity (Wildman–Crippen MR) is 84.0 cm³/mol. The number of nitrogens with one attached hydrogen (secondary N) is 1. The molecule has 0 spiro atoms. The monoisotopic (exact) mass is 290 g/mol. The summed E-state index contributed by atoms with van der Waals surface area (Å²) in [4.78, 5) is 2.62. The Hall–Kier alpha value is -1.26. The normalized spacial score (nSPS) is 28.6. The van der Waals surface area contributed by atoms with Gasteiger partial charge >= 0.3 is 0 Å². The highest BCUT2D eigenvalue weighted by atomic mass is 16.5. The van der Waals surface area contributed by atoms with E-state index < -0.39 is 0 Å². The summed E-state index contributed by atoms with van der Waals surface area (Å²) >= 11 is 0. The molecule has 4 heteroatoms. The van der Waals surface area contributed by atoms with Gasteiger partial charge in [0.1, 0.15) is 18.1 Å². The van der Waals surface area contributed by atoms with Crippen molar-refractivity contribution in [3.8, 4) is 11.5 Å². The quantitative estimate of drug-likeness (QED) is 0.869. The van der Waals surface area contributed by atoms with Crippen LogP contribution in [0.5, 0.6) is 11.5 Å². The topological polar surface area (TPSA) is 33.7 Å². The molecule has 4 nitrogen and oxygen atoms in total. The van der Waals surface area contributed by atoms with Crippen LogP contribution in [-0.4, -0.2) is 50.8 Å².